The quantitative estimate of drug-likeness (QED) is 0.509. The number of nitrogens with zero attached hydrogens (tertiary/aromatic N) is 1. The van der Waals surface area contributed by atoms with E-state index < -0.39 is 0 Å². The fourth-order valence-electron chi connectivity index (χ4n) is 1.05. The molecular formula is C7H7NO2. The molecule has 1 aliphatic carbocycles. The van der Waals surface area contributed by atoms with E-state index in [1.54, 1.807) is 0 Å². The molecule has 1 heterocycles. The topological polar surface area (TPSA) is 42.2 Å². The van der Waals surface area contributed by atoms with Crippen molar-refractivity contribution in [2.45, 2.75) is 12.8 Å². The largest absolute Gasteiger partial charge is 0.340 e. The van der Waals surface area contributed by atoms with Crippen LogP contribution in [0.5, 0.6) is 0 Å². The number of hydrogen-bond donors (Lipinski definition) is 0. The van der Waals surface area contributed by atoms with Crippen molar-refractivity contribution in [3.63, 3.8) is 0 Å². The monoisotopic (exact) mass is 137 g/mol. The van der Waals surface area contributed by atoms with Gasteiger partial charge in [-0.05, 0) is 18.9 Å². The number of rotatable bonds is 1. The average molecular weight is 137 g/mol. The van der Waals surface area contributed by atoms with Gasteiger partial charge < -0.3 is 4.89 Å². The van der Waals surface area contributed by atoms with E-state index in [4.69, 9.17) is 10.1 Å². The van der Waals surface area contributed by atoms with E-state index in [0.717, 1.165) is 18.6 Å². The summed E-state index contributed by atoms with van der Waals surface area (Å²) in [5.74, 6) is 0.718. The van der Waals surface area contributed by atoms with E-state index in [2.05, 4.69) is 11.0 Å². The van der Waals surface area contributed by atoms with Crippen molar-refractivity contribution in [1.29, 1.82) is 5.26 Å². The van der Waals surface area contributed by atoms with Gasteiger partial charge in [0.15, 0.2) is 5.76 Å². The van der Waals surface area contributed by atoms with E-state index >= 15 is 0 Å². The molecule has 10 heavy (non-hydrogen) atoms. The van der Waals surface area contributed by atoms with Crippen LogP contribution < -0.4 is 0 Å². The van der Waals surface area contributed by atoms with Crippen LogP contribution in [-0.2, 0) is 9.78 Å². The summed E-state index contributed by atoms with van der Waals surface area (Å²) in [4.78, 5) is 9.45. The van der Waals surface area contributed by atoms with Gasteiger partial charge in [-0.15, -0.1) is 0 Å². The molecule has 0 aromatic rings. The van der Waals surface area contributed by atoms with Crippen LogP contribution >= 0.6 is 0 Å². The summed E-state index contributed by atoms with van der Waals surface area (Å²) in [7, 11) is 0. The maximum absolute atomic E-state index is 8.69. The SMILES string of the molecule is N#CC1(C2=CCOO2)CC1. The molecule has 0 bridgehead atoms. The first kappa shape index (κ1) is 5.75. The van der Waals surface area contributed by atoms with E-state index in [-0.39, 0.29) is 5.41 Å². The molecule has 0 aromatic carbocycles. The molecule has 1 saturated carbocycles. The number of nitriles is 1. The Labute approximate surface area is 58.8 Å². The maximum Gasteiger partial charge on any atom is 0.161 e. The smallest absolute Gasteiger partial charge is 0.161 e. The van der Waals surface area contributed by atoms with Crippen molar-refractivity contribution in [3.8, 4) is 6.07 Å². The fraction of sp³-hybridized carbons (Fsp3) is 0.571. The van der Waals surface area contributed by atoms with Gasteiger partial charge >= 0.3 is 0 Å². The van der Waals surface area contributed by atoms with Crippen LogP contribution in [0.25, 0.3) is 0 Å². The summed E-state index contributed by atoms with van der Waals surface area (Å²) in [6, 6.07) is 2.22. The van der Waals surface area contributed by atoms with E-state index in [0.29, 0.717) is 6.61 Å². The Morgan fingerprint density at radius 3 is 2.80 bits per heavy atom. The molecule has 0 N–H and O–H groups in total. The summed E-state index contributed by atoms with van der Waals surface area (Å²) in [6.45, 7) is 0.485. The lowest BCUT2D eigenvalue weighted by Gasteiger charge is -2.02. The highest BCUT2D eigenvalue weighted by Crippen LogP contribution is 2.52. The van der Waals surface area contributed by atoms with Gasteiger partial charge in [-0.25, -0.2) is 0 Å². The van der Waals surface area contributed by atoms with Gasteiger partial charge in [-0.3, -0.25) is 0 Å². The van der Waals surface area contributed by atoms with Crippen molar-refractivity contribution in [1.82, 2.24) is 0 Å². The third-order valence-electron chi connectivity index (χ3n) is 1.92. The summed E-state index contributed by atoms with van der Waals surface area (Å²) < 4.78 is 0. The predicted molar refractivity (Wildman–Crippen MR) is 32.4 cm³/mol. The molecular weight excluding hydrogens is 130 g/mol. The molecule has 0 saturated heterocycles. The molecule has 1 aliphatic heterocycles. The van der Waals surface area contributed by atoms with Gasteiger partial charge in [-0.2, -0.15) is 10.1 Å². The highest BCUT2D eigenvalue weighted by molar-refractivity contribution is 5.27. The second-order valence-corrected chi connectivity index (χ2v) is 2.63. The zero-order valence-corrected chi connectivity index (χ0v) is 5.46. The van der Waals surface area contributed by atoms with Crippen molar-refractivity contribution >= 4 is 0 Å². The minimum atomic E-state index is -0.309. The number of allylic oxidation sites excluding steroid dienone is 1. The average Bonchev–Trinajstić information content (AvgIpc) is 2.58. The molecule has 3 heteroatoms. The van der Waals surface area contributed by atoms with E-state index in [1.807, 2.05) is 6.08 Å². The van der Waals surface area contributed by atoms with Crippen molar-refractivity contribution in [3.05, 3.63) is 11.8 Å². The second-order valence-electron chi connectivity index (χ2n) is 2.63. The molecule has 2 aliphatic rings. The number of hydrogen-bond acceptors (Lipinski definition) is 3. The van der Waals surface area contributed by atoms with Crippen LogP contribution in [0, 0.1) is 16.7 Å². The Kier molecular flexibility index (Phi) is 0.999. The Morgan fingerprint density at radius 1 is 1.60 bits per heavy atom. The Hall–Kier alpha value is -1.01. The first-order chi connectivity index (χ1) is 4.87. The fourth-order valence-corrected chi connectivity index (χ4v) is 1.05. The van der Waals surface area contributed by atoms with Crippen LogP contribution in [0.2, 0.25) is 0 Å². The van der Waals surface area contributed by atoms with Crippen LogP contribution in [0.3, 0.4) is 0 Å². The first-order valence-corrected chi connectivity index (χ1v) is 3.29. The molecule has 52 valence electrons. The highest BCUT2D eigenvalue weighted by Gasteiger charge is 2.50. The minimum Gasteiger partial charge on any atom is -0.340 e. The first-order valence-electron chi connectivity index (χ1n) is 3.29. The second kappa shape index (κ2) is 1.74. The third-order valence-corrected chi connectivity index (χ3v) is 1.92. The standard InChI is InChI=1S/C7H7NO2/c8-5-7(2-3-7)6-1-4-9-10-6/h1H,2-4H2. The molecule has 0 unspecified atom stereocenters. The lowest BCUT2D eigenvalue weighted by molar-refractivity contribution is -0.239. The highest BCUT2D eigenvalue weighted by atomic mass is 17.2. The van der Waals surface area contributed by atoms with E-state index in [9.17, 15) is 0 Å². The molecule has 0 amide bonds. The zero-order chi connectivity index (χ0) is 7.03. The molecule has 0 spiro atoms. The molecule has 0 radical (unpaired) electrons. The maximum atomic E-state index is 8.69. The lowest BCUT2D eigenvalue weighted by Crippen LogP contribution is -2.00. The summed E-state index contributed by atoms with van der Waals surface area (Å²) in [6.07, 6.45) is 3.66. The van der Waals surface area contributed by atoms with Crippen molar-refractivity contribution < 1.29 is 9.78 Å². The summed E-state index contributed by atoms with van der Waals surface area (Å²) >= 11 is 0. The molecule has 1 fully saturated rings. The molecule has 0 aromatic heterocycles. The van der Waals surface area contributed by atoms with Gasteiger partial charge in [0.1, 0.15) is 12.0 Å². The summed E-state index contributed by atoms with van der Waals surface area (Å²) in [5, 5.41) is 8.69. The third kappa shape index (κ3) is 0.628. The van der Waals surface area contributed by atoms with Gasteiger partial charge in [0, 0.05) is 0 Å². The zero-order valence-electron chi connectivity index (χ0n) is 5.46. The summed E-state index contributed by atoms with van der Waals surface area (Å²) in [5.41, 5.74) is -0.309. The van der Waals surface area contributed by atoms with E-state index in [1.165, 1.54) is 0 Å². The Morgan fingerprint density at radius 2 is 2.40 bits per heavy atom. The van der Waals surface area contributed by atoms with Crippen LogP contribution in [0.15, 0.2) is 11.8 Å². The van der Waals surface area contributed by atoms with Gasteiger partial charge in [0.05, 0.1) is 6.07 Å². The van der Waals surface area contributed by atoms with Gasteiger partial charge in [-0.1, -0.05) is 0 Å². The van der Waals surface area contributed by atoms with Crippen molar-refractivity contribution in [2.75, 3.05) is 6.61 Å². The van der Waals surface area contributed by atoms with Crippen LogP contribution in [0.1, 0.15) is 12.8 Å². The molecule has 2 rings (SSSR count). The van der Waals surface area contributed by atoms with Crippen molar-refractivity contribution in [2.24, 2.45) is 5.41 Å². The Balaban J connectivity index is 2.19. The van der Waals surface area contributed by atoms with Crippen LogP contribution in [-0.4, -0.2) is 6.61 Å². The molecule has 0 atom stereocenters. The van der Waals surface area contributed by atoms with Crippen LogP contribution in [0.4, 0.5) is 0 Å². The van der Waals surface area contributed by atoms with Gasteiger partial charge in [0.2, 0.25) is 0 Å². The predicted octanol–water partition coefficient (Wildman–Crippen LogP) is 1.14. The Bertz CT molecular complexity index is 222. The molecule has 3 nitrogen and oxygen atoms in total. The lowest BCUT2D eigenvalue weighted by atomic mass is 10.1. The minimum absolute atomic E-state index is 0.309. The normalized spacial score (nSPS) is 26.5. The van der Waals surface area contributed by atoms with Gasteiger partial charge in [0.25, 0.3) is 0 Å².